The Kier molecular flexibility index (Phi) is 4.44. The minimum atomic E-state index is -0.663. The van der Waals surface area contributed by atoms with Crippen LogP contribution in [0.15, 0.2) is 45.6 Å². The summed E-state index contributed by atoms with van der Waals surface area (Å²) in [5.74, 6) is -0.261. The van der Waals surface area contributed by atoms with E-state index < -0.39 is 17.4 Å². The molecule has 4 N–H and O–H groups in total. The molecule has 3 aromatic rings. The van der Waals surface area contributed by atoms with Crippen LogP contribution in [0.3, 0.4) is 0 Å². The number of hydrogen-bond acceptors (Lipinski definition) is 7. The lowest BCUT2D eigenvalue weighted by atomic mass is 10.1. The van der Waals surface area contributed by atoms with Gasteiger partial charge in [-0.05, 0) is 37.3 Å². The minimum Gasteiger partial charge on any atom is -0.492 e. The molecule has 9 nitrogen and oxygen atoms in total. The van der Waals surface area contributed by atoms with Gasteiger partial charge in [0.15, 0.2) is 0 Å². The summed E-state index contributed by atoms with van der Waals surface area (Å²) in [6.07, 6.45) is 0. The molecular weight excluding hydrogens is 378 g/mol. The van der Waals surface area contributed by atoms with Crippen LogP contribution in [0.1, 0.15) is 33.4 Å². The van der Waals surface area contributed by atoms with Crippen LogP contribution in [-0.4, -0.2) is 28.1 Å². The molecule has 1 aromatic carbocycles. The predicted octanol–water partition coefficient (Wildman–Crippen LogP) is 1.45. The van der Waals surface area contributed by atoms with E-state index in [-0.39, 0.29) is 23.6 Å². The number of aliphatic hydroxyl groups excluding tert-OH is 1. The summed E-state index contributed by atoms with van der Waals surface area (Å²) in [7, 11) is 0. The molecule has 0 aliphatic carbocycles. The molecule has 3 heterocycles. The van der Waals surface area contributed by atoms with Crippen LogP contribution in [0.2, 0.25) is 0 Å². The number of aromatic nitrogens is 1. The third-order valence-electron chi connectivity index (χ3n) is 4.56. The number of imide groups is 1. The summed E-state index contributed by atoms with van der Waals surface area (Å²) < 4.78 is 12.3. The number of amides is 2. The highest BCUT2D eigenvalue weighted by molar-refractivity contribution is 6.23. The first-order valence-electron chi connectivity index (χ1n) is 8.83. The number of rotatable bonds is 5. The van der Waals surface area contributed by atoms with E-state index in [1.54, 1.807) is 37.3 Å². The van der Waals surface area contributed by atoms with Gasteiger partial charge in [0.1, 0.15) is 29.7 Å². The van der Waals surface area contributed by atoms with Gasteiger partial charge in [0, 0.05) is 11.6 Å². The van der Waals surface area contributed by atoms with Crippen molar-refractivity contribution >= 4 is 17.6 Å². The summed E-state index contributed by atoms with van der Waals surface area (Å²) in [5.41, 5.74) is 6.35. The molecule has 0 saturated heterocycles. The standard InChI is InChI=1S/C20H17N3O6/c1-2-28-15-5-3-10(14-6-4-11(9-24)29-14)7-13(15)23-16(25)8-12-17(18(23)21)20(27)22-19(12)26/h3-8,24H,2,9,21H2,1H3,(H,22,26,27). The zero-order valence-electron chi connectivity index (χ0n) is 15.4. The fourth-order valence-corrected chi connectivity index (χ4v) is 3.27. The number of aliphatic hydroxyl groups is 1. The van der Waals surface area contributed by atoms with E-state index in [1.165, 1.54) is 0 Å². The van der Waals surface area contributed by atoms with Crippen LogP contribution >= 0.6 is 0 Å². The SMILES string of the molecule is CCOc1ccc(-c2ccc(CO)o2)cc1-n1c(N)c2c(cc1=O)C(=O)NC2=O. The number of nitrogens with one attached hydrogen (secondary N) is 1. The van der Waals surface area contributed by atoms with Crippen LogP contribution in [0, 0.1) is 0 Å². The molecule has 0 unspecified atom stereocenters. The highest BCUT2D eigenvalue weighted by atomic mass is 16.5. The quantitative estimate of drug-likeness (QED) is 0.556. The van der Waals surface area contributed by atoms with Gasteiger partial charge in [0.05, 0.1) is 23.4 Å². The fraction of sp³-hybridized carbons (Fsp3) is 0.150. The largest absolute Gasteiger partial charge is 0.492 e. The number of ether oxygens (including phenoxy) is 1. The number of pyridine rings is 1. The van der Waals surface area contributed by atoms with Crippen molar-refractivity contribution in [3.63, 3.8) is 0 Å². The van der Waals surface area contributed by atoms with Gasteiger partial charge in [-0.15, -0.1) is 0 Å². The number of furan rings is 1. The van der Waals surface area contributed by atoms with E-state index in [0.29, 0.717) is 35.1 Å². The van der Waals surface area contributed by atoms with Gasteiger partial charge < -0.3 is 20.0 Å². The first-order valence-corrected chi connectivity index (χ1v) is 8.83. The van der Waals surface area contributed by atoms with Crippen molar-refractivity contribution in [3.8, 4) is 22.8 Å². The van der Waals surface area contributed by atoms with Gasteiger partial charge in [-0.2, -0.15) is 0 Å². The number of nitrogen functional groups attached to an aromatic ring is 1. The number of fused-ring (bicyclic) bond motifs is 1. The molecule has 0 radical (unpaired) electrons. The first-order chi connectivity index (χ1) is 13.9. The van der Waals surface area contributed by atoms with Gasteiger partial charge in [0.25, 0.3) is 17.4 Å². The Balaban J connectivity index is 1.95. The summed E-state index contributed by atoms with van der Waals surface area (Å²) in [4.78, 5) is 36.8. The lowest BCUT2D eigenvalue weighted by Gasteiger charge is -2.16. The molecular formula is C20H17N3O6. The number of anilines is 1. The average Bonchev–Trinajstić information content (AvgIpc) is 3.28. The average molecular weight is 395 g/mol. The fourth-order valence-electron chi connectivity index (χ4n) is 3.27. The topological polar surface area (TPSA) is 137 Å². The Morgan fingerprint density at radius 3 is 2.62 bits per heavy atom. The van der Waals surface area contributed by atoms with E-state index in [4.69, 9.17) is 14.9 Å². The Bertz CT molecular complexity index is 1210. The Morgan fingerprint density at radius 2 is 1.93 bits per heavy atom. The Labute approximate surface area is 164 Å². The predicted molar refractivity (Wildman–Crippen MR) is 103 cm³/mol. The van der Waals surface area contributed by atoms with Crippen LogP contribution in [0.25, 0.3) is 17.0 Å². The van der Waals surface area contributed by atoms with Crippen LogP contribution < -0.4 is 21.3 Å². The zero-order valence-corrected chi connectivity index (χ0v) is 15.4. The first kappa shape index (κ1) is 18.5. The molecule has 0 spiro atoms. The number of hydrogen-bond donors (Lipinski definition) is 3. The summed E-state index contributed by atoms with van der Waals surface area (Å²) >= 11 is 0. The number of nitrogens with zero attached hydrogens (tertiary/aromatic N) is 1. The molecule has 0 fully saturated rings. The molecule has 0 bridgehead atoms. The molecule has 4 rings (SSSR count). The number of nitrogens with two attached hydrogens (primary N) is 1. The number of benzene rings is 1. The molecule has 9 heteroatoms. The molecule has 2 aromatic heterocycles. The van der Waals surface area contributed by atoms with Crippen LogP contribution in [-0.2, 0) is 6.61 Å². The van der Waals surface area contributed by atoms with E-state index in [9.17, 15) is 19.5 Å². The maximum absolute atomic E-state index is 12.8. The van der Waals surface area contributed by atoms with E-state index >= 15 is 0 Å². The van der Waals surface area contributed by atoms with Crippen molar-refractivity contribution in [1.29, 1.82) is 0 Å². The minimum absolute atomic E-state index is 0.0528. The zero-order chi connectivity index (χ0) is 20.7. The maximum atomic E-state index is 12.8. The van der Waals surface area contributed by atoms with Crippen LogP contribution in [0.4, 0.5) is 5.82 Å². The smallest absolute Gasteiger partial charge is 0.262 e. The summed E-state index contributed by atoms with van der Waals surface area (Å²) in [6.45, 7) is 1.88. The second kappa shape index (κ2) is 6.95. The second-order valence-electron chi connectivity index (χ2n) is 6.31. The van der Waals surface area contributed by atoms with Crippen molar-refractivity contribution in [2.75, 3.05) is 12.3 Å². The molecule has 1 aliphatic rings. The van der Waals surface area contributed by atoms with Crippen molar-refractivity contribution in [2.45, 2.75) is 13.5 Å². The molecule has 0 atom stereocenters. The molecule has 29 heavy (non-hydrogen) atoms. The maximum Gasteiger partial charge on any atom is 0.262 e. The highest BCUT2D eigenvalue weighted by Crippen LogP contribution is 2.32. The lowest BCUT2D eigenvalue weighted by Crippen LogP contribution is -2.24. The molecule has 1 aliphatic heterocycles. The van der Waals surface area contributed by atoms with Gasteiger partial charge >= 0.3 is 0 Å². The molecule has 2 amide bonds. The van der Waals surface area contributed by atoms with Gasteiger partial charge in [-0.3, -0.25) is 24.3 Å². The highest BCUT2D eigenvalue weighted by Gasteiger charge is 2.32. The monoisotopic (exact) mass is 395 g/mol. The Hall–Kier alpha value is -3.85. The lowest BCUT2D eigenvalue weighted by molar-refractivity contribution is 0.0880. The van der Waals surface area contributed by atoms with Crippen molar-refractivity contribution in [2.24, 2.45) is 0 Å². The van der Waals surface area contributed by atoms with E-state index in [2.05, 4.69) is 5.32 Å². The summed E-state index contributed by atoms with van der Waals surface area (Å²) in [6, 6.07) is 9.41. The van der Waals surface area contributed by atoms with Crippen LogP contribution in [0.5, 0.6) is 5.75 Å². The van der Waals surface area contributed by atoms with Gasteiger partial charge in [0.2, 0.25) is 0 Å². The molecule has 0 saturated carbocycles. The summed E-state index contributed by atoms with van der Waals surface area (Å²) in [5, 5.41) is 11.3. The van der Waals surface area contributed by atoms with Crippen molar-refractivity contribution in [1.82, 2.24) is 9.88 Å². The Morgan fingerprint density at radius 1 is 1.14 bits per heavy atom. The van der Waals surface area contributed by atoms with E-state index in [0.717, 1.165) is 10.6 Å². The third kappa shape index (κ3) is 2.97. The second-order valence-corrected chi connectivity index (χ2v) is 6.31. The third-order valence-corrected chi connectivity index (χ3v) is 4.56. The van der Waals surface area contributed by atoms with Gasteiger partial charge in [-0.25, -0.2) is 0 Å². The normalized spacial score (nSPS) is 12.8. The van der Waals surface area contributed by atoms with E-state index in [1.807, 2.05) is 0 Å². The molecule has 148 valence electrons. The van der Waals surface area contributed by atoms with Crippen molar-refractivity contribution in [3.05, 3.63) is 63.6 Å². The van der Waals surface area contributed by atoms with Gasteiger partial charge in [-0.1, -0.05) is 0 Å². The number of carbonyl (C=O) groups is 2. The number of carbonyl (C=O) groups excluding carboxylic acids is 2. The van der Waals surface area contributed by atoms with Crippen molar-refractivity contribution < 1.29 is 23.8 Å².